The lowest BCUT2D eigenvalue weighted by Crippen LogP contribution is -2.16. The van der Waals surface area contributed by atoms with Crippen LogP contribution in [0.1, 0.15) is 36.7 Å². The zero-order chi connectivity index (χ0) is 11.2. The van der Waals surface area contributed by atoms with E-state index in [4.69, 9.17) is 0 Å². The van der Waals surface area contributed by atoms with Crippen molar-refractivity contribution in [3.63, 3.8) is 0 Å². The molecule has 0 unspecified atom stereocenters. The molecule has 4 heteroatoms. The summed E-state index contributed by atoms with van der Waals surface area (Å²) in [6.45, 7) is 7.98. The molecule has 0 saturated carbocycles. The number of nitrogens with one attached hydrogen (secondary N) is 1. The minimum Gasteiger partial charge on any atom is -0.294 e. The van der Waals surface area contributed by atoms with Crippen molar-refractivity contribution in [1.29, 1.82) is 0 Å². The molecular weight excluding hydrogens is 190 g/mol. The van der Waals surface area contributed by atoms with Gasteiger partial charge in [-0.2, -0.15) is 0 Å². The maximum absolute atomic E-state index is 11.8. The highest BCUT2D eigenvalue weighted by Crippen LogP contribution is 2.14. The second-order valence-corrected chi connectivity index (χ2v) is 4.19. The molecule has 0 spiro atoms. The molecule has 0 aliphatic rings. The first kappa shape index (κ1) is 9.96. The van der Waals surface area contributed by atoms with E-state index in [1.165, 1.54) is 4.52 Å². The Morgan fingerprint density at radius 2 is 2.07 bits per heavy atom. The largest absolute Gasteiger partial charge is 0.294 e. The molecule has 0 amide bonds. The van der Waals surface area contributed by atoms with Crippen molar-refractivity contribution in [2.75, 3.05) is 0 Å². The molecule has 2 aromatic heterocycles. The Hall–Kier alpha value is -1.58. The lowest BCUT2D eigenvalue weighted by atomic mass is 10.1. The topological polar surface area (TPSA) is 50.2 Å². The highest BCUT2D eigenvalue weighted by atomic mass is 16.1. The van der Waals surface area contributed by atoms with Crippen LogP contribution in [-0.4, -0.2) is 14.6 Å². The van der Waals surface area contributed by atoms with E-state index < -0.39 is 0 Å². The predicted octanol–water partition coefficient (Wildman–Crippen LogP) is 1.76. The van der Waals surface area contributed by atoms with Gasteiger partial charge < -0.3 is 0 Å². The number of hydrogen-bond acceptors (Lipinski definition) is 2. The van der Waals surface area contributed by atoms with Crippen LogP contribution in [0.15, 0.2) is 10.9 Å². The number of aromatic amines is 1. The quantitative estimate of drug-likeness (QED) is 0.771. The molecule has 2 heterocycles. The Morgan fingerprint density at radius 1 is 1.40 bits per heavy atom. The summed E-state index contributed by atoms with van der Waals surface area (Å²) >= 11 is 0. The van der Waals surface area contributed by atoms with Gasteiger partial charge in [-0.1, -0.05) is 13.8 Å². The summed E-state index contributed by atoms with van der Waals surface area (Å²) in [6, 6.07) is 1.59. The maximum atomic E-state index is 11.8. The number of fused-ring (bicyclic) bond motifs is 1. The molecule has 0 aliphatic carbocycles. The Morgan fingerprint density at radius 3 is 2.67 bits per heavy atom. The van der Waals surface area contributed by atoms with Gasteiger partial charge in [0.2, 0.25) is 0 Å². The predicted molar refractivity (Wildman–Crippen MR) is 59.4 cm³/mol. The van der Waals surface area contributed by atoms with Gasteiger partial charge in [0.25, 0.3) is 5.56 Å². The molecule has 0 atom stereocenters. The highest BCUT2D eigenvalue weighted by molar-refractivity contribution is 5.49. The average molecular weight is 205 g/mol. The fraction of sp³-hybridized carbons (Fsp3) is 0.455. The molecule has 80 valence electrons. The molecule has 0 aromatic carbocycles. The Labute approximate surface area is 87.9 Å². The van der Waals surface area contributed by atoms with Crippen LogP contribution >= 0.6 is 0 Å². The first-order chi connectivity index (χ1) is 7.00. The number of aryl methyl sites for hydroxylation is 2. The molecule has 0 bridgehead atoms. The summed E-state index contributed by atoms with van der Waals surface area (Å²) in [5, 5.41) is 3.00. The second-order valence-electron chi connectivity index (χ2n) is 4.19. The molecule has 0 fully saturated rings. The van der Waals surface area contributed by atoms with E-state index in [0.29, 0.717) is 0 Å². The minimum absolute atomic E-state index is 0.0418. The van der Waals surface area contributed by atoms with Crippen LogP contribution in [0.25, 0.3) is 5.65 Å². The SMILES string of the molecule is Cc1[nH]n2c(=O)cc(C(C)C)nc2c1C. The number of aromatic nitrogens is 3. The third kappa shape index (κ3) is 1.46. The van der Waals surface area contributed by atoms with Crippen molar-refractivity contribution < 1.29 is 0 Å². The van der Waals surface area contributed by atoms with E-state index in [1.54, 1.807) is 6.07 Å². The Bertz CT molecular complexity index is 563. The van der Waals surface area contributed by atoms with Crippen molar-refractivity contribution in [1.82, 2.24) is 14.6 Å². The molecular formula is C11H15N3O. The number of hydrogen-bond donors (Lipinski definition) is 1. The number of nitrogens with zero attached hydrogens (tertiary/aromatic N) is 2. The standard InChI is InChI=1S/C11H15N3O/c1-6(2)9-5-10(15)14-11(12-9)7(3)8(4)13-14/h5-6,13H,1-4H3. The molecule has 2 aromatic rings. The van der Waals surface area contributed by atoms with Crippen molar-refractivity contribution in [2.45, 2.75) is 33.6 Å². The van der Waals surface area contributed by atoms with Crippen molar-refractivity contribution in [3.05, 3.63) is 33.4 Å². The third-order valence-electron chi connectivity index (χ3n) is 2.71. The van der Waals surface area contributed by atoms with E-state index in [9.17, 15) is 4.79 Å². The minimum atomic E-state index is -0.0418. The number of H-pyrrole nitrogens is 1. The van der Waals surface area contributed by atoms with Gasteiger partial charge in [0.1, 0.15) is 0 Å². The molecule has 2 rings (SSSR count). The van der Waals surface area contributed by atoms with Crippen LogP contribution in [0.2, 0.25) is 0 Å². The fourth-order valence-electron chi connectivity index (χ4n) is 1.57. The van der Waals surface area contributed by atoms with Crippen molar-refractivity contribution >= 4 is 5.65 Å². The van der Waals surface area contributed by atoms with Gasteiger partial charge in [-0.15, -0.1) is 0 Å². The van der Waals surface area contributed by atoms with Gasteiger partial charge in [0.15, 0.2) is 5.65 Å². The van der Waals surface area contributed by atoms with E-state index >= 15 is 0 Å². The maximum Gasteiger partial charge on any atom is 0.272 e. The van der Waals surface area contributed by atoms with Gasteiger partial charge in [-0.05, 0) is 19.8 Å². The van der Waals surface area contributed by atoms with Crippen LogP contribution in [0.3, 0.4) is 0 Å². The summed E-state index contributed by atoms with van der Waals surface area (Å²) in [7, 11) is 0. The molecule has 1 N–H and O–H groups in total. The summed E-state index contributed by atoms with van der Waals surface area (Å²) in [5.74, 6) is 0.275. The molecule has 4 nitrogen and oxygen atoms in total. The first-order valence-electron chi connectivity index (χ1n) is 5.09. The van der Waals surface area contributed by atoms with Crippen LogP contribution in [0.4, 0.5) is 0 Å². The van der Waals surface area contributed by atoms with E-state index in [1.807, 2.05) is 27.7 Å². The van der Waals surface area contributed by atoms with Gasteiger partial charge in [0, 0.05) is 17.3 Å². The summed E-state index contributed by atoms with van der Waals surface area (Å²) in [5.41, 5.74) is 3.57. The molecule has 0 saturated heterocycles. The summed E-state index contributed by atoms with van der Waals surface area (Å²) in [6.07, 6.45) is 0. The van der Waals surface area contributed by atoms with Gasteiger partial charge in [-0.25, -0.2) is 9.50 Å². The van der Waals surface area contributed by atoms with Gasteiger partial charge in [-0.3, -0.25) is 9.89 Å². The highest BCUT2D eigenvalue weighted by Gasteiger charge is 2.10. The average Bonchev–Trinajstić information content (AvgIpc) is 2.45. The number of rotatable bonds is 1. The fourth-order valence-corrected chi connectivity index (χ4v) is 1.57. The zero-order valence-corrected chi connectivity index (χ0v) is 9.46. The van der Waals surface area contributed by atoms with Crippen LogP contribution in [-0.2, 0) is 0 Å². The van der Waals surface area contributed by atoms with Gasteiger partial charge in [0.05, 0.1) is 5.69 Å². The van der Waals surface area contributed by atoms with Crippen LogP contribution < -0.4 is 5.56 Å². The van der Waals surface area contributed by atoms with E-state index in [-0.39, 0.29) is 11.5 Å². The Balaban J connectivity index is 2.86. The van der Waals surface area contributed by atoms with Crippen molar-refractivity contribution in [2.24, 2.45) is 0 Å². The molecule has 15 heavy (non-hydrogen) atoms. The van der Waals surface area contributed by atoms with E-state index in [2.05, 4.69) is 10.1 Å². The normalized spacial score (nSPS) is 11.5. The smallest absolute Gasteiger partial charge is 0.272 e. The van der Waals surface area contributed by atoms with Crippen LogP contribution in [0, 0.1) is 13.8 Å². The van der Waals surface area contributed by atoms with Gasteiger partial charge >= 0.3 is 0 Å². The summed E-state index contributed by atoms with van der Waals surface area (Å²) in [4.78, 5) is 16.2. The lowest BCUT2D eigenvalue weighted by molar-refractivity contribution is 0.794. The van der Waals surface area contributed by atoms with Crippen LogP contribution in [0.5, 0.6) is 0 Å². The monoisotopic (exact) mass is 205 g/mol. The second kappa shape index (κ2) is 3.22. The first-order valence-corrected chi connectivity index (χ1v) is 5.09. The third-order valence-corrected chi connectivity index (χ3v) is 2.71. The Kier molecular flexibility index (Phi) is 2.14. The zero-order valence-electron chi connectivity index (χ0n) is 9.46. The molecule has 0 aliphatic heterocycles. The lowest BCUT2D eigenvalue weighted by Gasteiger charge is -2.03. The van der Waals surface area contributed by atoms with Crippen molar-refractivity contribution in [3.8, 4) is 0 Å². The summed E-state index contributed by atoms with van der Waals surface area (Å²) < 4.78 is 1.50. The molecule has 0 radical (unpaired) electrons. The van der Waals surface area contributed by atoms with E-state index in [0.717, 1.165) is 22.6 Å².